The number of carbonyl (C=O) groups is 3. The molecule has 0 saturated carbocycles. The summed E-state index contributed by atoms with van der Waals surface area (Å²) in [5.41, 5.74) is 0.436. The zero-order valence-corrected chi connectivity index (χ0v) is 11.1. The van der Waals surface area contributed by atoms with E-state index in [2.05, 4.69) is 5.32 Å². The Labute approximate surface area is 120 Å². The van der Waals surface area contributed by atoms with E-state index < -0.39 is 36.1 Å². The van der Waals surface area contributed by atoms with E-state index in [9.17, 15) is 19.5 Å². The molecule has 1 unspecified atom stereocenters. The predicted molar refractivity (Wildman–Crippen MR) is 70.5 cm³/mol. The molecule has 0 aromatic heterocycles. The van der Waals surface area contributed by atoms with Gasteiger partial charge >= 0.3 is 11.9 Å². The highest BCUT2D eigenvalue weighted by atomic mass is 16.5. The molecule has 21 heavy (non-hydrogen) atoms. The van der Waals surface area contributed by atoms with Crippen molar-refractivity contribution in [2.24, 2.45) is 0 Å². The molecular formula is C14H15NO6. The third-order valence-corrected chi connectivity index (χ3v) is 3.25. The van der Waals surface area contributed by atoms with Crippen LogP contribution in [0.4, 0.5) is 0 Å². The van der Waals surface area contributed by atoms with Gasteiger partial charge in [-0.25, -0.2) is 9.59 Å². The van der Waals surface area contributed by atoms with E-state index >= 15 is 0 Å². The first kappa shape index (κ1) is 15.0. The molecule has 1 heterocycles. The highest BCUT2D eigenvalue weighted by Crippen LogP contribution is 2.21. The highest BCUT2D eigenvalue weighted by molar-refractivity contribution is 5.87. The fourth-order valence-corrected chi connectivity index (χ4v) is 2.18. The van der Waals surface area contributed by atoms with Crippen LogP contribution in [0.3, 0.4) is 0 Å². The van der Waals surface area contributed by atoms with Crippen LogP contribution in [-0.4, -0.2) is 40.3 Å². The molecule has 7 nitrogen and oxygen atoms in total. The number of amides is 1. The summed E-state index contributed by atoms with van der Waals surface area (Å²) in [6.07, 6.45) is -1.46. The first-order valence-corrected chi connectivity index (χ1v) is 6.45. The van der Waals surface area contributed by atoms with E-state index in [0.29, 0.717) is 5.56 Å². The van der Waals surface area contributed by atoms with Gasteiger partial charge < -0.3 is 20.3 Å². The van der Waals surface area contributed by atoms with Crippen molar-refractivity contribution < 1.29 is 29.3 Å². The number of aliphatic carboxylic acids is 2. The molecule has 2 rings (SSSR count). The minimum Gasteiger partial charge on any atom is -0.479 e. The van der Waals surface area contributed by atoms with Gasteiger partial charge in [0.25, 0.3) is 0 Å². The van der Waals surface area contributed by atoms with Crippen LogP contribution in [0.25, 0.3) is 0 Å². The van der Waals surface area contributed by atoms with Crippen LogP contribution in [0.1, 0.15) is 24.4 Å². The number of carbonyl (C=O) groups excluding carboxylic acids is 1. The van der Waals surface area contributed by atoms with Gasteiger partial charge in [-0.1, -0.05) is 30.3 Å². The molecule has 3 N–H and O–H groups in total. The minimum atomic E-state index is -1.19. The molecule has 1 aromatic carbocycles. The lowest BCUT2D eigenvalue weighted by Gasteiger charge is -2.17. The first-order chi connectivity index (χ1) is 9.99. The number of nitrogens with one attached hydrogen (secondary N) is 1. The van der Waals surface area contributed by atoms with E-state index in [1.165, 1.54) is 0 Å². The molecule has 0 radical (unpaired) electrons. The largest absolute Gasteiger partial charge is 0.479 e. The molecule has 0 bridgehead atoms. The molecule has 3 atom stereocenters. The fourth-order valence-electron chi connectivity index (χ4n) is 2.18. The summed E-state index contributed by atoms with van der Waals surface area (Å²) in [4.78, 5) is 34.1. The van der Waals surface area contributed by atoms with Crippen molar-refractivity contribution in [3.63, 3.8) is 0 Å². The summed E-state index contributed by atoms with van der Waals surface area (Å²) in [6.45, 7) is 0. The Balaban J connectivity index is 2.03. The SMILES string of the molecule is O=C(O)C(NC(=O)[C@@H]1CC[C@H](C(=O)O)O1)c1ccccc1. The third kappa shape index (κ3) is 3.57. The zero-order valence-electron chi connectivity index (χ0n) is 11.1. The Kier molecular flexibility index (Phi) is 4.54. The van der Waals surface area contributed by atoms with Gasteiger partial charge in [0.15, 0.2) is 12.1 Å². The van der Waals surface area contributed by atoms with Crippen molar-refractivity contribution in [1.82, 2.24) is 5.32 Å². The molecule has 0 spiro atoms. The van der Waals surface area contributed by atoms with Crippen molar-refractivity contribution in [2.45, 2.75) is 31.1 Å². The van der Waals surface area contributed by atoms with Crippen LogP contribution < -0.4 is 5.32 Å². The Morgan fingerprint density at radius 3 is 2.24 bits per heavy atom. The average molecular weight is 293 g/mol. The second-order valence-electron chi connectivity index (χ2n) is 4.72. The standard InChI is InChI=1S/C14H15NO6/c16-12(9-6-7-10(21-9)13(17)18)15-11(14(19)20)8-4-2-1-3-5-8/h1-5,9-11H,6-7H2,(H,15,16)(H,17,18)(H,19,20)/t9-,10+,11?/m0/s1. The minimum absolute atomic E-state index is 0.233. The molecule has 1 amide bonds. The Bertz CT molecular complexity index is 544. The monoisotopic (exact) mass is 293 g/mol. The average Bonchev–Trinajstić information content (AvgIpc) is 2.95. The van der Waals surface area contributed by atoms with Crippen molar-refractivity contribution in [1.29, 1.82) is 0 Å². The van der Waals surface area contributed by atoms with Crippen LogP contribution in [0.15, 0.2) is 30.3 Å². The van der Waals surface area contributed by atoms with Gasteiger partial charge in [0, 0.05) is 0 Å². The number of hydrogen-bond donors (Lipinski definition) is 3. The Hall–Kier alpha value is -2.41. The maximum Gasteiger partial charge on any atom is 0.332 e. The van der Waals surface area contributed by atoms with E-state index in [1.54, 1.807) is 30.3 Å². The van der Waals surface area contributed by atoms with Crippen molar-refractivity contribution in [3.8, 4) is 0 Å². The lowest BCUT2D eigenvalue weighted by Crippen LogP contribution is -2.40. The van der Waals surface area contributed by atoms with Crippen LogP contribution in [0.5, 0.6) is 0 Å². The molecule has 7 heteroatoms. The fraction of sp³-hybridized carbons (Fsp3) is 0.357. The number of carboxylic acid groups (broad SMARTS) is 2. The van der Waals surface area contributed by atoms with Crippen LogP contribution in [-0.2, 0) is 19.1 Å². The quantitative estimate of drug-likeness (QED) is 0.731. The molecule has 112 valence electrons. The lowest BCUT2D eigenvalue weighted by molar-refractivity contribution is -0.153. The number of hydrogen-bond acceptors (Lipinski definition) is 4. The zero-order chi connectivity index (χ0) is 15.4. The van der Waals surface area contributed by atoms with Gasteiger partial charge in [0.2, 0.25) is 5.91 Å². The maximum atomic E-state index is 12.0. The second kappa shape index (κ2) is 6.36. The molecule has 1 aromatic rings. The number of benzene rings is 1. The van der Waals surface area contributed by atoms with Crippen molar-refractivity contribution >= 4 is 17.8 Å². The summed E-state index contributed by atoms with van der Waals surface area (Å²) in [5.74, 6) is -2.93. The summed E-state index contributed by atoms with van der Waals surface area (Å²) in [7, 11) is 0. The van der Waals surface area contributed by atoms with E-state index in [1.807, 2.05) is 0 Å². The second-order valence-corrected chi connectivity index (χ2v) is 4.72. The molecule has 1 fully saturated rings. The van der Waals surface area contributed by atoms with Gasteiger partial charge in [-0.15, -0.1) is 0 Å². The molecule has 0 aliphatic carbocycles. The van der Waals surface area contributed by atoms with Gasteiger partial charge in [-0.05, 0) is 18.4 Å². The number of carboxylic acids is 2. The lowest BCUT2D eigenvalue weighted by atomic mass is 10.1. The molecule has 1 saturated heterocycles. The summed E-state index contributed by atoms with van der Waals surface area (Å²) in [6, 6.07) is 7.07. The summed E-state index contributed by atoms with van der Waals surface area (Å²) < 4.78 is 5.10. The van der Waals surface area contributed by atoms with Gasteiger partial charge in [-0.3, -0.25) is 4.79 Å². The number of ether oxygens (including phenoxy) is 1. The highest BCUT2D eigenvalue weighted by Gasteiger charge is 2.36. The topological polar surface area (TPSA) is 113 Å². The summed E-state index contributed by atoms with van der Waals surface area (Å²) >= 11 is 0. The first-order valence-electron chi connectivity index (χ1n) is 6.45. The normalized spacial score (nSPS) is 22.5. The third-order valence-electron chi connectivity index (χ3n) is 3.25. The van der Waals surface area contributed by atoms with Gasteiger partial charge in [0.05, 0.1) is 0 Å². The van der Waals surface area contributed by atoms with Crippen LogP contribution in [0.2, 0.25) is 0 Å². The molecular weight excluding hydrogens is 278 g/mol. The van der Waals surface area contributed by atoms with Gasteiger partial charge in [-0.2, -0.15) is 0 Å². The van der Waals surface area contributed by atoms with Crippen LogP contribution >= 0.6 is 0 Å². The van der Waals surface area contributed by atoms with Gasteiger partial charge in [0.1, 0.15) is 6.10 Å². The molecule has 1 aliphatic heterocycles. The smallest absolute Gasteiger partial charge is 0.332 e. The Morgan fingerprint density at radius 1 is 1.10 bits per heavy atom. The van der Waals surface area contributed by atoms with E-state index in [-0.39, 0.29) is 12.8 Å². The molecule has 1 aliphatic rings. The summed E-state index contributed by atoms with van der Waals surface area (Å²) in [5, 5.41) is 20.4. The van der Waals surface area contributed by atoms with Crippen molar-refractivity contribution in [2.75, 3.05) is 0 Å². The Morgan fingerprint density at radius 2 is 1.71 bits per heavy atom. The maximum absolute atomic E-state index is 12.0. The van der Waals surface area contributed by atoms with E-state index in [4.69, 9.17) is 9.84 Å². The van der Waals surface area contributed by atoms with Crippen molar-refractivity contribution in [3.05, 3.63) is 35.9 Å². The number of rotatable bonds is 5. The van der Waals surface area contributed by atoms with E-state index in [0.717, 1.165) is 0 Å². The van der Waals surface area contributed by atoms with Crippen LogP contribution in [0, 0.1) is 0 Å². The predicted octanol–water partition coefficient (Wildman–Crippen LogP) is 0.561.